The Morgan fingerprint density at radius 2 is 1.81 bits per heavy atom. The van der Waals surface area contributed by atoms with Gasteiger partial charge in [-0.1, -0.05) is 31.0 Å². The summed E-state index contributed by atoms with van der Waals surface area (Å²) in [6.45, 7) is 1.83. The Hall–Kier alpha value is -2.52. The number of pyridine rings is 1. The fourth-order valence-corrected chi connectivity index (χ4v) is 6.38. The van der Waals surface area contributed by atoms with Crippen LogP contribution in [-0.2, 0) is 19.6 Å². The van der Waals surface area contributed by atoms with E-state index in [1.54, 1.807) is 29.3 Å². The Kier molecular flexibility index (Phi) is 7.05. The van der Waals surface area contributed by atoms with Crippen molar-refractivity contribution in [3.63, 3.8) is 0 Å². The maximum Gasteiger partial charge on any atom is 0.245 e. The van der Waals surface area contributed by atoms with E-state index in [1.807, 2.05) is 12.1 Å². The van der Waals surface area contributed by atoms with Gasteiger partial charge in [0.05, 0.1) is 5.52 Å². The van der Waals surface area contributed by atoms with Gasteiger partial charge in [0.15, 0.2) is 0 Å². The molecule has 1 N–H and O–H groups in total. The maximum absolute atomic E-state index is 13.6. The van der Waals surface area contributed by atoms with Gasteiger partial charge in [-0.2, -0.15) is 4.31 Å². The number of nitrogens with zero attached hydrogens (tertiary/aromatic N) is 3. The van der Waals surface area contributed by atoms with Crippen molar-refractivity contribution in [3.8, 4) is 0 Å². The van der Waals surface area contributed by atoms with Crippen LogP contribution in [0.25, 0.3) is 10.9 Å². The minimum atomic E-state index is -3.90. The summed E-state index contributed by atoms with van der Waals surface area (Å²) in [6, 6.07) is 7.94. The van der Waals surface area contributed by atoms with Crippen LogP contribution in [0.15, 0.2) is 41.4 Å². The smallest absolute Gasteiger partial charge is 0.245 e. The van der Waals surface area contributed by atoms with Crippen LogP contribution < -0.4 is 5.32 Å². The monoisotopic (exact) mass is 458 g/mol. The molecule has 1 atom stereocenters. The molecule has 32 heavy (non-hydrogen) atoms. The summed E-state index contributed by atoms with van der Waals surface area (Å²) in [5.41, 5.74) is 0.417. The highest BCUT2D eigenvalue weighted by Gasteiger charge is 2.41. The van der Waals surface area contributed by atoms with Crippen molar-refractivity contribution in [2.45, 2.75) is 55.9 Å². The van der Waals surface area contributed by atoms with E-state index in [0.717, 1.165) is 31.1 Å². The molecule has 4 rings (SSSR count). The van der Waals surface area contributed by atoms with Gasteiger partial charge in [0, 0.05) is 44.2 Å². The lowest BCUT2D eigenvalue weighted by Crippen LogP contribution is -2.48. The number of hydrogen-bond donors (Lipinski definition) is 1. The molecule has 0 radical (unpaired) electrons. The molecule has 2 aliphatic heterocycles. The number of amides is 2. The van der Waals surface area contributed by atoms with E-state index in [1.165, 1.54) is 4.31 Å². The van der Waals surface area contributed by atoms with Gasteiger partial charge in [-0.15, -0.1) is 0 Å². The minimum Gasteiger partial charge on any atom is -0.356 e. The Balaban J connectivity index is 1.58. The van der Waals surface area contributed by atoms with Crippen molar-refractivity contribution in [2.75, 3.05) is 26.2 Å². The summed E-state index contributed by atoms with van der Waals surface area (Å²) in [7, 11) is -3.90. The molecular formula is C23H30N4O4S. The van der Waals surface area contributed by atoms with Crippen molar-refractivity contribution < 1.29 is 18.0 Å². The summed E-state index contributed by atoms with van der Waals surface area (Å²) in [5.74, 6) is -0.270. The normalized spacial score (nSPS) is 21.8. The molecule has 2 aromatic rings. The van der Waals surface area contributed by atoms with Crippen LogP contribution in [0.4, 0.5) is 0 Å². The summed E-state index contributed by atoms with van der Waals surface area (Å²) < 4.78 is 28.6. The zero-order chi connectivity index (χ0) is 22.6. The first-order chi connectivity index (χ1) is 15.5. The quantitative estimate of drug-likeness (QED) is 0.761. The van der Waals surface area contributed by atoms with Gasteiger partial charge < -0.3 is 10.2 Å². The standard InChI is InChI=1S/C23H30N4O4S/c28-21-12-17-26(15-4-2-1-3-13-24-21)23(29)19-10-7-16-27(19)32(30,31)20-11-5-8-18-9-6-14-25-22(18)20/h5-6,8-9,11,14,19H,1-4,7,10,12-13,15-17H2,(H,24,28). The van der Waals surface area contributed by atoms with E-state index >= 15 is 0 Å². The molecule has 3 heterocycles. The van der Waals surface area contributed by atoms with Crippen LogP contribution >= 0.6 is 0 Å². The Morgan fingerprint density at radius 3 is 2.69 bits per heavy atom. The van der Waals surface area contributed by atoms with Crippen LogP contribution in [0, 0.1) is 0 Å². The number of rotatable bonds is 3. The largest absolute Gasteiger partial charge is 0.356 e. The van der Waals surface area contributed by atoms with Crippen molar-refractivity contribution in [1.29, 1.82) is 0 Å². The lowest BCUT2D eigenvalue weighted by atomic mass is 10.1. The number of sulfonamides is 1. The van der Waals surface area contributed by atoms with Gasteiger partial charge >= 0.3 is 0 Å². The lowest BCUT2D eigenvalue weighted by molar-refractivity contribution is -0.135. The fourth-order valence-electron chi connectivity index (χ4n) is 4.56. The number of carbonyl (C=O) groups excluding carboxylic acids is 2. The van der Waals surface area contributed by atoms with Crippen molar-refractivity contribution >= 4 is 32.7 Å². The molecule has 1 unspecified atom stereocenters. The number of hydrogen-bond acceptors (Lipinski definition) is 5. The summed E-state index contributed by atoms with van der Waals surface area (Å²) in [6.07, 6.45) is 6.70. The molecule has 2 aliphatic rings. The molecule has 1 aromatic heterocycles. The van der Waals surface area contributed by atoms with Crippen molar-refractivity contribution in [3.05, 3.63) is 36.5 Å². The van der Waals surface area contributed by atoms with E-state index in [9.17, 15) is 18.0 Å². The van der Waals surface area contributed by atoms with E-state index in [-0.39, 0.29) is 23.1 Å². The zero-order valence-electron chi connectivity index (χ0n) is 18.2. The van der Waals surface area contributed by atoms with E-state index in [4.69, 9.17) is 0 Å². The van der Waals surface area contributed by atoms with Crippen LogP contribution in [0.3, 0.4) is 0 Å². The predicted molar refractivity (Wildman–Crippen MR) is 121 cm³/mol. The third-order valence-corrected chi connectivity index (χ3v) is 8.21. The number of fused-ring (bicyclic) bond motifs is 1. The van der Waals surface area contributed by atoms with E-state index in [0.29, 0.717) is 44.5 Å². The second kappa shape index (κ2) is 9.95. The van der Waals surface area contributed by atoms with Gasteiger partial charge in [-0.05, 0) is 37.8 Å². The van der Waals surface area contributed by atoms with Crippen molar-refractivity contribution in [2.24, 2.45) is 0 Å². The van der Waals surface area contributed by atoms with Gasteiger partial charge in [0.1, 0.15) is 10.9 Å². The molecule has 2 saturated heterocycles. The Labute approximate surface area is 189 Å². The molecule has 0 bridgehead atoms. The first kappa shape index (κ1) is 22.7. The molecule has 8 nitrogen and oxygen atoms in total. The summed E-state index contributed by atoms with van der Waals surface area (Å²) in [4.78, 5) is 31.7. The average Bonchev–Trinajstić information content (AvgIpc) is 3.28. The zero-order valence-corrected chi connectivity index (χ0v) is 19.0. The summed E-state index contributed by atoms with van der Waals surface area (Å²) >= 11 is 0. The molecule has 172 valence electrons. The predicted octanol–water partition coefficient (Wildman–Crippen LogP) is 2.30. The third-order valence-electron chi connectivity index (χ3n) is 6.27. The number of carbonyl (C=O) groups is 2. The van der Waals surface area contributed by atoms with Crippen LogP contribution in [0.5, 0.6) is 0 Å². The van der Waals surface area contributed by atoms with E-state index in [2.05, 4.69) is 10.3 Å². The second-order valence-corrected chi connectivity index (χ2v) is 10.3. The number of aromatic nitrogens is 1. The molecular weight excluding hydrogens is 428 g/mol. The first-order valence-electron chi connectivity index (χ1n) is 11.4. The number of benzene rings is 1. The van der Waals surface area contributed by atoms with Gasteiger partial charge in [0.2, 0.25) is 21.8 Å². The highest BCUT2D eigenvalue weighted by Crippen LogP contribution is 2.30. The lowest BCUT2D eigenvalue weighted by Gasteiger charge is -2.30. The van der Waals surface area contributed by atoms with E-state index < -0.39 is 16.1 Å². The SMILES string of the molecule is O=C1CCN(C(=O)C2CCCN2S(=O)(=O)c2cccc3cccnc23)CCCCCCN1. The fraction of sp³-hybridized carbons (Fsp3) is 0.522. The second-order valence-electron chi connectivity index (χ2n) is 8.44. The van der Waals surface area contributed by atoms with Crippen LogP contribution in [0.2, 0.25) is 0 Å². The highest BCUT2D eigenvalue weighted by molar-refractivity contribution is 7.89. The molecule has 0 aliphatic carbocycles. The minimum absolute atomic E-state index is 0.0672. The third kappa shape index (κ3) is 4.78. The maximum atomic E-state index is 13.6. The molecule has 2 amide bonds. The van der Waals surface area contributed by atoms with Crippen LogP contribution in [-0.4, -0.2) is 66.6 Å². The topological polar surface area (TPSA) is 99.7 Å². The molecule has 9 heteroatoms. The molecule has 0 spiro atoms. The highest BCUT2D eigenvalue weighted by atomic mass is 32.2. The molecule has 1 aromatic carbocycles. The Bertz CT molecular complexity index is 1080. The van der Waals surface area contributed by atoms with Crippen LogP contribution in [0.1, 0.15) is 44.9 Å². The molecule has 0 saturated carbocycles. The van der Waals surface area contributed by atoms with Gasteiger partial charge in [-0.25, -0.2) is 8.42 Å². The molecule has 2 fully saturated rings. The summed E-state index contributed by atoms with van der Waals surface area (Å²) in [5, 5.41) is 3.63. The first-order valence-corrected chi connectivity index (χ1v) is 12.8. The number of nitrogens with one attached hydrogen (secondary N) is 1. The van der Waals surface area contributed by atoms with Crippen molar-refractivity contribution in [1.82, 2.24) is 19.5 Å². The Morgan fingerprint density at radius 1 is 1.00 bits per heavy atom. The average molecular weight is 459 g/mol. The van der Waals surface area contributed by atoms with Gasteiger partial charge in [0.25, 0.3) is 0 Å². The van der Waals surface area contributed by atoms with Gasteiger partial charge in [-0.3, -0.25) is 14.6 Å². The number of para-hydroxylation sites is 1.